The van der Waals surface area contributed by atoms with Gasteiger partial charge in [0.05, 0.1) is 33.5 Å². The van der Waals surface area contributed by atoms with Crippen LogP contribution in [0.5, 0.6) is 0 Å². The standard InChI is InChI=1S/C65H39N5S/c1-2-15-49(16-3-1)69-58-19-9-8-17-51(58)52-37-46(26-29-59(52)69)50-18-10-20-63-64(50)54-36-45(27-30-62(54)71-63)44-25-28-60-53(35-44)55-39-66-32-31-61(55)70(60)65-67-56(47-23-21-40-11-4-6-13-42(40)33-47)38-57(68-65)48-24-22-41-12-5-7-14-43(41)34-48/h1-39H. The first-order valence-electron chi connectivity index (χ1n) is 24.0. The first-order chi connectivity index (χ1) is 35.2. The van der Waals surface area contributed by atoms with Crippen LogP contribution in [0.3, 0.4) is 0 Å². The molecular weight excluding hydrogens is 883 g/mol. The predicted octanol–water partition coefficient (Wildman–Crippen LogP) is 17.4. The monoisotopic (exact) mass is 921 g/mol. The second-order valence-electron chi connectivity index (χ2n) is 18.4. The van der Waals surface area contributed by atoms with E-state index in [4.69, 9.17) is 9.97 Å². The SMILES string of the molecule is c1ccc(-n2c3ccccc3c3cc(-c4cccc5sc6ccc(-c7ccc8c(c7)c7cnccc7n8-c7nc(-c8ccc9ccccc9c8)cc(-c8ccc9ccccc9c8)n7)cc6c45)ccc32)cc1. The highest BCUT2D eigenvalue weighted by molar-refractivity contribution is 7.26. The Morgan fingerprint density at radius 3 is 1.68 bits per heavy atom. The number of aromatic nitrogens is 5. The lowest BCUT2D eigenvalue weighted by Gasteiger charge is -2.13. The van der Waals surface area contributed by atoms with E-state index in [1.807, 2.05) is 23.7 Å². The van der Waals surface area contributed by atoms with E-state index < -0.39 is 0 Å². The Bertz CT molecular complexity index is 4560. The molecule has 5 nitrogen and oxygen atoms in total. The van der Waals surface area contributed by atoms with E-state index in [0.29, 0.717) is 5.95 Å². The number of pyridine rings is 1. The molecule has 0 fully saturated rings. The first kappa shape index (κ1) is 39.7. The van der Waals surface area contributed by atoms with Gasteiger partial charge in [0.15, 0.2) is 0 Å². The largest absolute Gasteiger partial charge is 0.309 e. The summed E-state index contributed by atoms with van der Waals surface area (Å²) in [4.78, 5) is 15.4. The highest BCUT2D eigenvalue weighted by Gasteiger charge is 2.20. The summed E-state index contributed by atoms with van der Waals surface area (Å²) in [6.45, 7) is 0. The molecule has 0 saturated carbocycles. The van der Waals surface area contributed by atoms with Gasteiger partial charge in [0, 0.05) is 70.9 Å². The fourth-order valence-electron chi connectivity index (χ4n) is 11.0. The molecule has 0 aliphatic carbocycles. The van der Waals surface area contributed by atoms with Crippen LogP contribution < -0.4 is 0 Å². The molecule has 0 bridgehead atoms. The summed E-state index contributed by atoms with van der Waals surface area (Å²) in [7, 11) is 0. The average molecular weight is 922 g/mol. The van der Waals surface area contributed by atoms with Gasteiger partial charge in [0.2, 0.25) is 5.95 Å². The van der Waals surface area contributed by atoms with E-state index in [9.17, 15) is 0 Å². The Balaban J connectivity index is 0.881. The minimum atomic E-state index is 0.610. The third-order valence-corrected chi connectivity index (χ3v) is 15.5. The van der Waals surface area contributed by atoms with Crippen molar-refractivity contribution in [2.24, 2.45) is 0 Å². The predicted molar refractivity (Wildman–Crippen MR) is 298 cm³/mol. The molecule has 0 spiro atoms. The second kappa shape index (κ2) is 15.7. The van der Waals surface area contributed by atoms with E-state index >= 15 is 0 Å². The van der Waals surface area contributed by atoms with Crippen LogP contribution in [-0.2, 0) is 0 Å². The van der Waals surface area contributed by atoms with E-state index in [0.717, 1.165) is 61.1 Å². The molecule has 6 heteroatoms. The number of rotatable bonds is 6. The highest BCUT2D eigenvalue weighted by Crippen LogP contribution is 2.44. The number of nitrogens with zero attached hydrogens (tertiary/aromatic N) is 5. The van der Waals surface area contributed by atoms with Gasteiger partial charge in [-0.15, -0.1) is 11.3 Å². The molecule has 0 unspecified atom stereocenters. The fraction of sp³-hybridized carbons (Fsp3) is 0. The fourth-order valence-corrected chi connectivity index (χ4v) is 12.1. The molecule has 5 aromatic heterocycles. The summed E-state index contributed by atoms with van der Waals surface area (Å²) in [6, 6.07) is 81.2. The minimum absolute atomic E-state index is 0.610. The van der Waals surface area contributed by atoms with E-state index in [2.05, 4.69) is 239 Å². The third-order valence-electron chi connectivity index (χ3n) is 14.4. The molecule has 0 aliphatic rings. The lowest BCUT2D eigenvalue weighted by molar-refractivity contribution is 0.995. The van der Waals surface area contributed by atoms with Crippen molar-refractivity contribution < 1.29 is 0 Å². The van der Waals surface area contributed by atoms with Gasteiger partial charge < -0.3 is 4.57 Å². The maximum Gasteiger partial charge on any atom is 0.235 e. The Hall–Kier alpha value is -9.23. The van der Waals surface area contributed by atoms with Gasteiger partial charge in [-0.1, -0.05) is 140 Å². The zero-order valence-corrected chi connectivity index (χ0v) is 39.0. The lowest BCUT2D eigenvalue weighted by Crippen LogP contribution is -2.04. The molecule has 15 rings (SSSR count). The Morgan fingerprint density at radius 2 is 0.915 bits per heavy atom. The smallest absolute Gasteiger partial charge is 0.235 e. The van der Waals surface area contributed by atoms with Gasteiger partial charge in [0.25, 0.3) is 0 Å². The number of fused-ring (bicyclic) bond motifs is 11. The number of thiophene rings is 1. The van der Waals surface area contributed by atoms with Gasteiger partial charge in [-0.2, -0.15) is 0 Å². The number of hydrogen-bond acceptors (Lipinski definition) is 4. The van der Waals surface area contributed by atoms with Crippen molar-refractivity contribution in [3.8, 4) is 56.4 Å². The van der Waals surface area contributed by atoms with Gasteiger partial charge in [-0.05, 0) is 129 Å². The van der Waals surface area contributed by atoms with Crippen molar-refractivity contribution in [3.63, 3.8) is 0 Å². The van der Waals surface area contributed by atoms with Crippen LogP contribution in [0, 0.1) is 0 Å². The van der Waals surface area contributed by atoms with Crippen molar-refractivity contribution in [3.05, 3.63) is 237 Å². The van der Waals surface area contributed by atoms with Crippen LogP contribution in [0.4, 0.5) is 0 Å². The van der Waals surface area contributed by atoms with Crippen molar-refractivity contribution in [1.29, 1.82) is 0 Å². The number of para-hydroxylation sites is 2. The molecular formula is C65H39N5S. The lowest BCUT2D eigenvalue weighted by atomic mass is 9.96. The third kappa shape index (κ3) is 6.35. The molecule has 0 radical (unpaired) electrons. The molecule has 0 N–H and O–H groups in total. The molecule has 0 aliphatic heterocycles. The molecule has 0 atom stereocenters. The minimum Gasteiger partial charge on any atom is -0.309 e. The van der Waals surface area contributed by atoms with Gasteiger partial charge >= 0.3 is 0 Å². The van der Waals surface area contributed by atoms with Crippen molar-refractivity contribution in [2.45, 2.75) is 0 Å². The summed E-state index contributed by atoms with van der Waals surface area (Å²) in [5, 5.41) is 11.9. The van der Waals surface area contributed by atoms with Crippen molar-refractivity contribution in [2.75, 3.05) is 0 Å². The normalized spacial score (nSPS) is 11.9. The van der Waals surface area contributed by atoms with Gasteiger partial charge in [-0.3, -0.25) is 9.55 Å². The number of hydrogen-bond donors (Lipinski definition) is 0. The molecule has 10 aromatic carbocycles. The molecule has 330 valence electrons. The highest BCUT2D eigenvalue weighted by atomic mass is 32.1. The summed E-state index contributed by atoms with van der Waals surface area (Å²) < 4.78 is 7.14. The summed E-state index contributed by atoms with van der Waals surface area (Å²) in [6.07, 6.45) is 3.84. The van der Waals surface area contributed by atoms with E-state index in [-0.39, 0.29) is 0 Å². The molecule has 0 amide bonds. The topological polar surface area (TPSA) is 48.5 Å². The quantitative estimate of drug-likeness (QED) is 0.167. The Kier molecular flexibility index (Phi) is 8.76. The Morgan fingerprint density at radius 1 is 0.338 bits per heavy atom. The van der Waals surface area contributed by atoms with E-state index in [1.54, 1.807) is 0 Å². The maximum absolute atomic E-state index is 5.39. The van der Waals surface area contributed by atoms with Crippen LogP contribution >= 0.6 is 11.3 Å². The average Bonchev–Trinajstić information content (AvgIpc) is 4.10. The zero-order valence-electron chi connectivity index (χ0n) is 38.2. The zero-order chi connectivity index (χ0) is 46.6. The van der Waals surface area contributed by atoms with Crippen LogP contribution in [0.1, 0.15) is 0 Å². The molecule has 5 heterocycles. The van der Waals surface area contributed by atoms with Crippen molar-refractivity contribution in [1.82, 2.24) is 24.1 Å². The maximum atomic E-state index is 5.39. The van der Waals surface area contributed by atoms with Crippen LogP contribution in [0.15, 0.2) is 237 Å². The second-order valence-corrected chi connectivity index (χ2v) is 19.5. The summed E-state index contributed by atoms with van der Waals surface area (Å²) in [5.41, 5.74) is 14.1. The number of benzene rings is 10. The van der Waals surface area contributed by atoms with Crippen LogP contribution in [-0.4, -0.2) is 24.1 Å². The molecule has 71 heavy (non-hydrogen) atoms. The van der Waals surface area contributed by atoms with Crippen LogP contribution in [0.25, 0.3) is 142 Å². The van der Waals surface area contributed by atoms with E-state index in [1.165, 1.54) is 74.6 Å². The summed E-state index contributed by atoms with van der Waals surface area (Å²) >= 11 is 1.86. The summed E-state index contributed by atoms with van der Waals surface area (Å²) in [5.74, 6) is 0.610. The van der Waals surface area contributed by atoms with Crippen molar-refractivity contribution >= 4 is 96.7 Å². The first-order valence-corrected chi connectivity index (χ1v) is 24.8. The molecule has 15 aromatic rings. The molecule has 0 saturated heterocycles. The van der Waals surface area contributed by atoms with Gasteiger partial charge in [-0.25, -0.2) is 9.97 Å². The van der Waals surface area contributed by atoms with Crippen LogP contribution in [0.2, 0.25) is 0 Å². The Labute approximate surface area is 411 Å². The van der Waals surface area contributed by atoms with Gasteiger partial charge in [0.1, 0.15) is 0 Å².